The van der Waals surface area contributed by atoms with Gasteiger partial charge in [-0.3, -0.25) is 4.79 Å². The van der Waals surface area contributed by atoms with E-state index in [0.717, 1.165) is 11.6 Å². The summed E-state index contributed by atoms with van der Waals surface area (Å²) < 4.78 is 5.00. The summed E-state index contributed by atoms with van der Waals surface area (Å²) in [5, 5.41) is 2.58. The molecule has 0 aromatic heterocycles. The first-order chi connectivity index (χ1) is 9.24. The van der Waals surface area contributed by atoms with Crippen molar-refractivity contribution in [2.75, 3.05) is 0 Å². The number of esters is 1. The number of hydrogen-bond acceptors (Lipinski definition) is 5. The van der Waals surface area contributed by atoms with Gasteiger partial charge in [-0.15, -0.1) is 4.91 Å². The van der Waals surface area contributed by atoms with Crippen molar-refractivity contribution in [3.05, 3.63) is 52.1 Å². The second-order valence-corrected chi connectivity index (χ2v) is 5.30. The maximum absolute atomic E-state index is 12.0. The number of allylic oxidation sites excluding steroid dienone is 1. The lowest BCUT2D eigenvalue weighted by Gasteiger charge is -2.18. The van der Waals surface area contributed by atoms with Gasteiger partial charge in [0.05, 0.1) is 0 Å². The molecule has 0 unspecified atom stereocenters. The van der Waals surface area contributed by atoms with Gasteiger partial charge < -0.3 is 4.74 Å². The van der Waals surface area contributed by atoms with Gasteiger partial charge in [0.25, 0.3) is 0 Å². The fraction of sp³-hybridized carbons (Fsp3) is 0.333. The molecule has 106 valence electrons. The van der Waals surface area contributed by atoms with E-state index in [1.165, 1.54) is 0 Å². The molecule has 0 N–H and O–H groups in total. The zero-order valence-corrected chi connectivity index (χ0v) is 12.0. The molecule has 0 fully saturated rings. The molecule has 5 nitrogen and oxygen atoms in total. The molecule has 5 heteroatoms. The Morgan fingerprint density at radius 2 is 1.80 bits per heavy atom. The highest BCUT2D eigenvalue weighted by molar-refractivity contribution is 6.09. The first kappa shape index (κ1) is 15.8. The molecule has 20 heavy (non-hydrogen) atoms. The minimum absolute atomic E-state index is 0.414. The molecule has 0 aliphatic carbocycles. The number of nitroso groups, excluding NO2 is 1. The molecule has 1 aromatic rings. The summed E-state index contributed by atoms with van der Waals surface area (Å²) in [6.45, 7) is 6.76. The van der Waals surface area contributed by atoms with Crippen molar-refractivity contribution < 1.29 is 14.3 Å². The standard InChI is InChI=1S/C15H17NO4/c1-10-7-5-6-8-11(10)13(17)9-12(16-19)14(18)20-15(2,3)4/h5-9H,1-4H3/b12-9-. The van der Waals surface area contributed by atoms with Gasteiger partial charge in [0.15, 0.2) is 11.5 Å². The van der Waals surface area contributed by atoms with E-state index in [9.17, 15) is 14.5 Å². The van der Waals surface area contributed by atoms with Gasteiger partial charge >= 0.3 is 5.97 Å². The number of rotatable bonds is 4. The average Bonchev–Trinajstić information content (AvgIpc) is 2.33. The van der Waals surface area contributed by atoms with Crippen LogP contribution in [0, 0.1) is 11.8 Å². The van der Waals surface area contributed by atoms with Crippen LogP contribution in [-0.4, -0.2) is 17.4 Å². The number of carbonyl (C=O) groups excluding carboxylic acids is 2. The van der Waals surface area contributed by atoms with E-state index in [1.54, 1.807) is 52.0 Å². The lowest BCUT2D eigenvalue weighted by molar-refractivity contribution is -0.149. The van der Waals surface area contributed by atoms with Crippen LogP contribution in [0.2, 0.25) is 0 Å². The second-order valence-electron chi connectivity index (χ2n) is 5.30. The van der Waals surface area contributed by atoms with Gasteiger partial charge in [-0.1, -0.05) is 24.3 Å². The van der Waals surface area contributed by atoms with Crippen LogP contribution in [0.4, 0.5) is 0 Å². The van der Waals surface area contributed by atoms with Crippen LogP contribution >= 0.6 is 0 Å². The smallest absolute Gasteiger partial charge is 0.361 e. The Balaban J connectivity index is 3.01. The minimum Gasteiger partial charge on any atom is -0.455 e. The van der Waals surface area contributed by atoms with Crippen molar-refractivity contribution in [1.82, 2.24) is 0 Å². The molecule has 0 saturated carbocycles. The van der Waals surface area contributed by atoms with Gasteiger partial charge in [-0.05, 0) is 38.4 Å². The van der Waals surface area contributed by atoms with E-state index < -0.39 is 23.1 Å². The second kappa shape index (κ2) is 6.23. The highest BCUT2D eigenvalue weighted by Crippen LogP contribution is 2.14. The molecule has 0 radical (unpaired) electrons. The van der Waals surface area contributed by atoms with Crippen molar-refractivity contribution in [3.8, 4) is 0 Å². The summed E-state index contributed by atoms with van der Waals surface area (Å²) in [6.07, 6.45) is 0.906. The van der Waals surface area contributed by atoms with Crippen molar-refractivity contribution in [3.63, 3.8) is 0 Å². The molecule has 0 atom stereocenters. The van der Waals surface area contributed by atoms with Crippen LogP contribution in [0.3, 0.4) is 0 Å². The molecule has 0 aliphatic heterocycles. The summed E-state index contributed by atoms with van der Waals surface area (Å²) in [4.78, 5) is 34.4. The number of carbonyl (C=O) groups is 2. The fourth-order valence-electron chi connectivity index (χ4n) is 1.50. The molecule has 0 bridgehead atoms. The van der Waals surface area contributed by atoms with E-state index in [-0.39, 0.29) is 0 Å². The number of aryl methyl sites for hydroxylation is 1. The number of benzene rings is 1. The Kier molecular flexibility index (Phi) is 4.91. The Bertz CT molecular complexity index is 567. The lowest BCUT2D eigenvalue weighted by atomic mass is 10.0. The molecular weight excluding hydrogens is 258 g/mol. The van der Waals surface area contributed by atoms with Crippen LogP contribution in [0.15, 0.2) is 41.2 Å². The van der Waals surface area contributed by atoms with E-state index in [4.69, 9.17) is 4.74 Å². The van der Waals surface area contributed by atoms with Crippen LogP contribution in [-0.2, 0) is 9.53 Å². The summed E-state index contributed by atoms with van der Waals surface area (Å²) in [6, 6.07) is 6.88. The maximum Gasteiger partial charge on any atom is 0.361 e. The molecule has 1 aromatic carbocycles. The average molecular weight is 275 g/mol. The van der Waals surface area contributed by atoms with Crippen LogP contribution in [0.5, 0.6) is 0 Å². The molecule has 0 spiro atoms. The van der Waals surface area contributed by atoms with E-state index in [1.807, 2.05) is 0 Å². The summed E-state index contributed by atoms with van der Waals surface area (Å²) in [7, 11) is 0. The lowest BCUT2D eigenvalue weighted by Crippen LogP contribution is -2.24. The highest BCUT2D eigenvalue weighted by Gasteiger charge is 2.22. The van der Waals surface area contributed by atoms with Crippen molar-refractivity contribution >= 4 is 11.8 Å². The largest absolute Gasteiger partial charge is 0.455 e. The SMILES string of the molecule is Cc1ccccc1C(=O)/C=C(\N=O)C(=O)OC(C)(C)C. The minimum atomic E-state index is -0.908. The molecular formula is C15H17NO4. The van der Waals surface area contributed by atoms with Crippen LogP contribution < -0.4 is 0 Å². The van der Waals surface area contributed by atoms with Crippen LogP contribution in [0.1, 0.15) is 36.7 Å². The van der Waals surface area contributed by atoms with Gasteiger partial charge in [-0.2, -0.15) is 0 Å². The maximum atomic E-state index is 12.0. The monoisotopic (exact) mass is 275 g/mol. The first-order valence-electron chi connectivity index (χ1n) is 6.13. The number of hydrogen-bond donors (Lipinski definition) is 0. The quantitative estimate of drug-likeness (QED) is 0.366. The Morgan fingerprint density at radius 1 is 1.20 bits per heavy atom. The summed E-state index contributed by atoms with van der Waals surface area (Å²) >= 11 is 0. The van der Waals surface area contributed by atoms with Crippen molar-refractivity contribution in [2.24, 2.45) is 5.18 Å². The predicted molar refractivity (Wildman–Crippen MR) is 75.2 cm³/mol. The molecule has 0 heterocycles. The third-order valence-corrected chi connectivity index (χ3v) is 2.38. The zero-order chi connectivity index (χ0) is 15.3. The third kappa shape index (κ3) is 4.42. The molecule has 0 amide bonds. The van der Waals surface area contributed by atoms with Gasteiger partial charge in [-0.25, -0.2) is 4.79 Å². The van der Waals surface area contributed by atoms with Crippen molar-refractivity contribution in [1.29, 1.82) is 0 Å². The third-order valence-electron chi connectivity index (χ3n) is 2.38. The molecule has 0 aliphatic rings. The van der Waals surface area contributed by atoms with Crippen molar-refractivity contribution in [2.45, 2.75) is 33.3 Å². The van der Waals surface area contributed by atoms with E-state index in [2.05, 4.69) is 5.18 Å². The topological polar surface area (TPSA) is 72.8 Å². The Morgan fingerprint density at radius 3 is 2.30 bits per heavy atom. The molecule has 0 saturated heterocycles. The van der Waals surface area contributed by atoms with E-state index in [0.29, 0.717) is 5.56 Å². The Hall–Kier alpha value is -2.30. The van der Waals surface area contributed by atoms with E-state index >= 15 is 0 Å². The number of ketones is 1. The van der Waals surface area contributed by atoms with Crippen LogP contribution in [0.25, 0.3) is 0 Å². The van der Waals surface area contributed by atoms with Gasteiger partial charge in [0.1, 0.15) is 5.60 Å². The van der Waals surface area contributed by atoms with Gasteiger partial charge in [0, 0.05) is 11.6 Å². The highest BCUT2D eigenvalue weighted by atomic mass is 16.6. The predicted octanol–water partition coefficient (Wildman–Crippen LogP) is 3.17. The fourth-order valence-corrected chi connectivity index (χ4v) is 1.50. The zero-order valence-electron chi connectivity index (χ0n) is 12.0. The number of nitrogens with zero attached hydrogens (tertiary/aromatic N) is 1. The normalized spacial score (nSPS) is 11.9. The summed E-state index contributed by atoms with van der Waals surface area (Å²) in [5.74, 6) is -1.36. The number of ether oxygens (including phenoxy) is 1. The Labute approximate surface area is 117 Å². The summed E-state index contributed by atoms with van der Waals surface area (Å²) in [5.41, 5.74) is -0.124. The van der Waals surface area contributed by atoms with Gasteiger partial charge in [0.2, 0.25) is 0 Å². The molecule has 1 rings (SSSR count). The first-order valence-corrected chi connectivity index (χ1v) is 6.13.